The molecule has 2 aromatic heterocycles. The first-order chi connectivity index (χ1) is 21.1. The van der Waals surface area contributed by atoms with Gasteiger partial charge in [0.1, 0.15) is 5.58 Å². The summed E-state index contributed by atoms with van der Waals surface area (Å²) in [5.74, 6) is 0.422. The molecule has 1 aliphatic rings. The quantitative estimate of drug-likeness (QED) is 0.210. The highest BCUT2D eigenvalue weighted by Crippen LogP contribution is 2.51. The van der Waals surface area contributed by atoms with E-state index in [1.807, 2.05) is 17.4 Å². The molecule has 1 unspecified atom stereocenters. The minimum atomic E-state index is 0.422. The maximum atomic E-state index is 6.64. The third kappa shape index (κ3) is 3.71. The van der Waals surface area contributed by atoms with E-state index in [0.717, 1.165) is 39.7 Å². The van der Waals surface area contributed by atoms with Crippen LogP contribution in [0, 0.1) is 6.92 Å². The van der Waals surface area contributed by atoms with E-state index in [9.17, 15) is 0 Å². The molecule has 0 bridgehead atoms. The summed E-state index contributed by atoms with van der Waals surface area (Å²) in [6.45, 7) is 4.55. The Morgan fingerprint density at radius 1 is 0.721 bits per heavy atom. The van der Waals surface area contributed by atoms with E-state index < -0.39 is 0 Å². The summed E-state index contributed by atoms with van der Waals surface area (Å²) in [5.41, 5.74) is 9.18. The van der Waals surface area contributed by atoms with Crippen molar-refractivity contribution in [2.75, 3.05) is 4.90 Å². The first kappa shape index (κ1) is 24.7. The Hall–Kier alpha value is -4.86. The van der Waals surface area contributed by atoms with Crippen LogP contribution in [0.1, 0.15) is 36.0 Å². The first-order valence-corrected chi connectivity index (χ1v) is 15.8. The fourth-order valence-electron chi connectivity index (χ4n) is 7.06. The zero-order valence-corrected chi connectivity index (χ0v) is 24.9. The van der Waals surface area contributed by atoms with Gasteiger partial charge in [-0.25, -0.2) is 0 Å². The van der Waals surface area contributed by atoms with Crippen molar-refractivity contribution in [1.82, 2.24) is 0 Å². The number of hydrogen-bond acceptors (Lipinski definition) is 3. The number of benzene rings is 6. The second kappa shape index (κ2) is 9.32. The number of rotatable bonds is 3. The summed E-state index contributed by atoms with van der Waals surface area (Å²) >= 11 is 1.94. The molecule has 8 aromatic rings. The number of nitrogens with zero attached hydrogens (tertiary/aromatic N) is 1. The highest BCUT2D eigenvalue weighted by Gasteiger charge is 2.27. The summed E-state index contributed by atoms with van der Waals surface area (Å²) in [4.78, 5) is 2.43. The molecule has 9 rings (SSSR count). The van der Waals surface area contributed by atoms with Crippen LogP contribution in [-0.2, 0) is 0 Å². The lowest BCUT2D eigenvalue weighted by molar-refractivity contribution is 0.669. The van der Waals surface area contributed by atoms with Crippen LogP contribution in [0.15, 0.2) is 120 Å². The molecule has 0 amide bonds. The third-order valence-corrected chi connectivity index (χ3v) is 10.3. The number of anilines is 3. The minimum absolute atomic E-state index is 0.422. The molecule has 0 aliphatic heterocycles. The number of thiophene rings is 1. The molecule has 1 atom stereocenters. The van der Waals surface area contributed by atoms with E-state index in [1.165, 1.54) is 53.3 Å². The largest absolute Gasteiger partial charge is 0.454 e. The van der Waals surface area contributed by atoms with Gasteiger partial charge >= 0.3 is 0 Å². The van der Waals surface area contributed by atoms with E-state index in [0.29, 0.717) is 5.92 Å². The molecule has 0 saturated carbocycles. The number of para-hydroxylation sites is 2. The summed E-state index contributed by atoms with van der Waals surface area (Å²) in [7, 11) is 0. The third-order valence-electron chi connectivity index (χ3n) is 9.08. The molecule has 2 heterocycles. The van der Waals surface area contributed by atoms with Crippen molar-refractivity contribution in [2.24, 2.45) is 0 Å². The minimum Gasteiger partial charge on any atom is -0.454 e. The van der Waals surface area contributed by atoms with Crippen LogP contribution in [0.3, 0.4) is 0 Å². The van der Waals surface area contributed by atoms with Gasteiger partial charge in [0.25, 0.3) is 0 Å². The fourth-order valence-corrected chi connectivity index (χ4v) is 8.44. The van der Waals surface area contributed by atoms with Crippen molar-refractivity contribution in [3.8, 4) is 0 Å². The number of allylic oxidation sites excluding steroid dienone is 1. The van der Waals surface area contributed by atoms with Crippen LogP contribution in [0.4, 0.5) is 17.1 Å². The second-order valence-corrected chi connectivity index (χ2v) is 12.9. The van der Waals surface area contributed by atoms with Crippen LogP contribution >= 0.6 is 11.3 Å². The van der Waals surface area contributed by atoms with Crippen LogP contribution in [0.25, 0.3) is 59.0 Å². The molecule has 0 spiro atoms. The summed E-state index contributed by atoms with van der Waals surface area (Å²) in [6, 6.07) is 39.7. The summed E-state index contributed by atoms with van der Waals surface area (Å²) in [6.07, 6.45) is 5.75. The molecule has 206 valence electrons. The molecule has 0 saturated heterocycles. The van der Waals surface area contributed by atoms with Crippen molar-refractivity contribution < 1.29 is 4.42 Å². The Morgan fingerprint density at radius 2 is 1.51 bits per heavy atom. The summed E-state index contributed by atoms with van der Waals surface area (Å²) < 4.78 is 9.39. The van der Waals surface area contributed by atoms with Crippen LogP contribution in [0.2, 0.25) is 0 Å². The normalized spacial score (nSPS) is 14.8. The molecule has 1 aliphatic carbocycles. The Labute approximate surface area is 254 Å². The lowest BCUT2D eigenvalue weighted by Crippen LogP contribution is -2.14. The lowest BCUT2D eigenvalue weighted by Gasteiger charge is -2.31. The highest BCUT2D eigenvalue weighted by atomic mass is 32.1. The van der Waals surface area contributed by atoms with E-state index >= 15 is 0 Å². The van der Waals surface area contributed by atoms with E-state index in [1.54, 1.807) is 0 Å². The maximum Gasteiger partial charge on any atom is 0.159 e. The van der Waals surface area contributed by atoms with E-state index in [-0.39, 0.29) is 0 Å². The molecule has 6 aromatic carbocycles. The fraction of sp³-hybridized carbons (Fsp3) is 0.100. The summed E-state index contributed by atoms with van der Waals surface area (Å²) in [5, 5.41) is 7.51. The van der Waals surface area contributed by atoms with Gasteiger partial charge in [-0.05, 0) is 83.6 Å². The Kier molecular flexibility index (Phi) is 5.36. The molecule has 0 radical (unpaired) electrons. The van der Waals surface area contributed by atoms with Crippen molar-refractivity contribution in [1.29, 1.82) is 0 Å². The zero-order valence-electron chi connectivity index (χ0n) is 24.1. The van der Waals surface area contributed by atoms with E-state index in [4.69, 9.17) is 4.42 Å². The van der Waals surface area contributed by atoms with Crippen molar-refractivity contribution in [2.45, 2.75) is 26.2 Å². The van der Waals surface area contributed by atoms with Gasteiger partial charge in [-0.1, -0.05) is 85.8 Å². The average Bonchev–Trinajstić information content (AvgIpc) is 3.58. The monoisotopic (exact) mass is 571 g/mol. The van der Waals surface area contributed by atoms with Gasteiger partial charge in [-0.15, -0.1) is 11.3 Å². The topological polar surface area (TPSA) is 16.4 Å². The smallest absolute Gasteiger partial charge is 0.159 e. The number of fused-ring (bicyclic) bond motifs is 9. The Morgan fingerprint density at radius 3 is 2.40 bits per heavy atom. The van der Waals surface area contributed by atoms with Crippen LogP contribution < -0.4 is 4.90 Å². The molecule has 0 N–H and O–H groups in total. The molecule has 2 nitrogen and oxygen atoms in total. The molecule has 0 fully saturated rings. The maximum absolute atomic E-state index is 6.64. The second-order valence-electron chi connectivity index (χ2n) is 11.9. The van der Waals surface area contributed by atoms with Crippen molar-refractivity contribution in [3.05, 3.63) is 132 Å². The average molecular weight is 572 g/mol. The van der Waals surface area contributed by atoms with Gasteiger partial charge in [-0.3, -0.25) is 0 Å². The van der Waals surface area contributed by atoms with Crippen LogP contribution in [-0.4, -0.2) is 0 Å². The van der Waals surface area contributed by atoms with Crippen molar-refractivity contribution >= 4 is 87.4 Å². The van der Waals surface area contributed by atoms with Gasteiger partial charge in [0.15, 0.2) is 5.58 Å². The number of hydrogen-bond donors (Lipinski definition) is 0. The predicted octanol–water partition coefficient (Wildman–Crippen LogP) is 12.4. The van der Waals surface area contributed by atoms with Crippen molar-refractivity contribution in [3.63, 3.8) is 0 Å². The molecule has 3 heteroatoms. The van der Waals surface area contributed by atoms with E-state index in [2.05, 4.69) is 134 Å². The highest BCUT2D eigenvalue weighted by molar-refractivity contribution is 7.26. The van der Waals surface area contributed by atoms with Gasteiger partial charge in [0.2, 0.25) is 0 Å². The number of furan rings is 1. The Balaban J connectivity index is 1.42. The predicted molar refractivity (Wildman–Crippen MR) is 186 cm³/mol. The lowest BCUT2D eigenvalue weighted by atomic mass is 9.85. The van der Waals surface area contributed by atoms with Gasteiger partial charge in [0.05, 0.1) is 11.4 Å². The molecule has 43 heavy (non-hydrogen) atoms. The van der Waals surface area contributed by atoms with Gasteiger partial charge < -0.3 is 9.32 Å². The standard InChI is InChI=1S/C40H29NOS/c1-24-10-7-14-28(20-24)41(34-18-9-16-30-29-15-5-6-19-36(29)42-39(30)34)35-23-33-32-21-26-12-3-4-13-27(26)22-37(32)43-40(33)38-25(2)11-8-17-31(35)38/h3-10,12-23,25H,11H2,1-2H3. The first-order valence-electron chi connectivity index (χ1n) is 15.0. The van der Waals surface area contributed by atoms with Gasteiger partial charge in [-0.2, -0.15) is 0 Å². The van der Waals surface area contributed by atoms with Crippen LogP contribution in [0.5, 0.6) is 0 Å². The zero-order chi connectivity index (χ0) is 28.7. The SMILES string of the molecule is Cc1cccc(N(c2cc3c(sc4cc5ccccc5cc43)c3c2C=CCC3C)c2cccc3c2oc2ccccc23)c1. The molecular weight excluding hydrogens is 543 g/mol. The van der Waals surface area contributed by atoms with Gasteiger partial charge in [0, 0.05) is 42.2 Å². The molecular formula is C40H29NOS. The number of aryl methyl sites for hydroxylation is 1. The Bertz CT molecular complexity index is 2420.